The molecule has 1 aliphatic carbocycles. The fourth-order valence-electron chi connectivity index (χ4n) is 4.73. The lowest BCUT2D eigenvalue weighted by Gasteiger charge is -2.43. The molecule has 1 aromatic carbocycles. The van der Waals surface area contributed by atoms with Gasteiger partial charge in [-0.05, 0) is 58.0 Å². The Morgan fingerprint density at radius 1 is 1.16 bits per heavy atom. The summed E-state index contributed by atoms with van der Waals surface area (Å²) < 4.78 is 65.8. The summed E-state index contributed by atoms with van der Waals surface area (Å²) in [6.45, 7) is 0.784. The van der Waals surface area contributed by atoms with Gasteiger partial charge >= 0.3 is 6.18 Å². The number of halogens is 3. The Kier molecular flexibility index (Phi) is 7.56. The third-order valence-electron chi connectivity index (χ3n) is 6.95. The van der Waals surface area contributed by atoms with Gasteiger partial charge < -0.3 is 10.2 Å². The van der Waals surface area contributed by atoms with Crippen LogP contribution in [0.5, 0.6) is 0 Å². The van der Waals surface area contributed by atoms with Crippen molar-refractivity contribution in [2.24, 2.45) is 5.92 Å². The number of nitrogens with zero attached hydrogens (tertiary/aromatic N) is 2. The third-order valence-corrected chi connectivity index (χ3v) is 8.84. The number of hydrogen-bond donors (Lipinski definition) is 1. The Labute approximate surface area is 188 Å². The van der Waals surface area contributed by atoms with Gasteiger partial charge in [0, 0.05) is 31.1 Å². The van der Waals surface area contributed by atoms with E-state index in [1.807, 2.05) is 14.1 Å². The molecule has 2 fully saturated rings. The summed E-state index contributed by atoms with van der Waals surface area (Å²) >= 11 is 0. The number of nitrogens with one attached hydrogen (secondary N) is 1. The van der Waals surface area contributed by atoms with Crippen LogP contribution in [0.25, 0.3) is 0 Å². The number of alkyl halides is 3. The lowest BCUT2D eigenvalue weighted by molar-refractivity contribution is -0.137. The molecule has 32 heavy (non-hydrogen) atoms. The molecule has 0 unspecified atom stereocenters. The van der Waals surface area contributed by atoms with Crippen molar-refractivity contribution in [2.45, 2.75) is 61.6 Å². The van der Waals surface area contributed by atoms with Gasteiger partial charge in [0.25, 0.3) is 0 Å². The first-order valence-electron chi connectivity index (χ1n) is 11.1. The van der Waals surface area contributed by atoms with E-state index in [1.54, 1.807) is 0 Å². The van der Waals surface area contributed by atoms with Crippen LogP contribution in [0.3, 0.4) is 0 Å². The first kappa shape index (κ1) is 25.0. The van der Waals surface area contributed by atoms with Crippen LogP contribution < -0.4 is 5.32 Å². The molecule has 1 N–H and O–H groups in total. The van der Waals surface area contributed by atoms with E-state index < -0.39 is 21.8 Å². The first-order chi connectivity index (χ1) is 15.0. The van der Waals surface area contributed by atoms with Crippen molar-refractivity contribution >= 4 is 15.9 Å². The number of amides is 1. The van der Waals surface area contributed by atoms with E-state index in [0.29, 0.717) is 25.5 Å². The van der Waals surface area contributed by atoms with Crippen LogP contribution in [0.15, 0.2) is 29.2 Å². The molecule has 0 bridgehead atoms. The summed E-state index contributed by atoms with van der Waals surface area (Å²) in [5.74, 6) is -0.376. The van der Waals surface area contributed by atoms with Crippen molar-refractivity contribution in [3.05, 3.63) is 29.8 Å². The molecule has 3 rings (SSSR count). The zero-order valence-corrected chi connectivity index (χ0v) is 19.4. The first-order valence-corrected chi connectivity index (χ1v) is 12.5. The fraction of sp³-hybridized carbons (Fsp3) is 0.682. The second kappa shape index (κ2) is 9.69. The Bertz CT molecular complexity index is 904. The highest BCUT2D eigenvalue weighted by molar-refractivity contribution is 7.89. The molecule has 0 radical (unpaired) electrons. The molecule has 1 saturated carbocycles. The maximum atomic E-state index is 13.0. The normalized spacial score (nSPS) is 20.9. The second-order valence-corrected chi connectivity index (χ2v) is 11.0. The van der Waals surface area contributed by atoms with Crippen molar-refractivity contribution in [3.63, 3.8) is 0 Å². The quantitative estimate of drug-likeness (QED) is 0.684. The van der Waals surface area contributed by atoms with Crippen LogP contribution in [0.1, 0.15) is 50.5 Å². The average molecular weight is 476 g/mol. The standard InChI is InChI=1S/C22H32F3N3O3S/c1-27(2)21(11-4-3-5-12-21)16-26-20(29)17-9-13-28(14-10-17)32(30,31)19-8-6-7-18(15-19)22(23,24)25/h6-8,15,17H,3-5,9-14,16H2,1-2H3,(H,26,29). The molecular formula is C22H32F3N3O3S. The maximum Gasteiger partial charge on any atom is 0.416 e. The SMILES string of the molecule is CN(C)C1(CNC(=O)C2CCN(S(=O)(=O)c3cccc(C(F)(F)F)c3)CC2)CCCCC1. The maximum absolute atomic E-state index is 13.0. The molecule has 0 spiro atoms. The van der Waals surface area contributed by atoms with Crippen LogP contribution in [0.2, 0.25) is 0 Å². The fourth-order valence-corrected chi connectivity index (χ4v) is 6.24. The van der Waals surface area contributed by atoms with Crippen LogP contribution >= 0.6 is 0 Å². The molecule has 180 valence electrons. The highest BCUT2D eigenvalue weighted by atomic mass is 32.2. The Hall–Kier alpha value is -1.65. The summed E-state index contributed by atoms with van der Waals surface area (Å²) in [5.41, 5.74) is -1.04. The van der Waals surface area contributed by atoms with E-state index >= 15 is 0 Å². The van der Waals surface area contributed by atoms with Gasteiger partial charge in [-0.3, -0.25) is 4.79 Å². The summed E-state index contributed by atoms with van der Waals surface area (Å²) in [7, 11) is 0.0232. The summed E-state index contributed by atoms with van der Waals surface area (Å²) in [6.07, 6.45) is 1.64. The predicted octanol–water partition coefficient (Wildman–Crippen LogP) is 3.49. The van der Waals surface area contributed by atoms with Gasteiger partial charge in [0.05, 0.1) is 10.5 Å². The summed E-state index contributed by atoms with van der Waals surface area (Å²) in [4.78, 5) is 14.6. The topological polar surface area (TPSA) is 69.7 Å². The van der Waals surface area contributed by atoms with Crippen molar-refractivity contribution in [1.82, 2.24) is 14.5 Å². The number of piperidine rings is 1. The van der Waals surface area contributed by atoms with Crippen LogP contribution in [0.4, 0.5) is 13.2 Å². The van der Waals surface area contributed by atoms with E-state index in [4.69, 9.17) is 0 Å². The van der Waals surface area contributed by atoms with Gasteiger partial charge in [0.1, 0.15) is 0 Å². The van der Waals surface area contributed by atoms with E-state index in [-0.39, 0.29) is 35.3 Å². The molecule has 6 nitrogen and oxygen atoms in total. The number of sulfonamides is 1. The number of carbonyl (C=O) groups is 1. The average Bonchev–Trinajstić information content (AvgIpc) is 2.77. The van der Waals surface area contributed by atoms with Gasteiger partial charge in [-0.15, -0.1) is 0 Å². The Morgan fingerprint density at radius 2 is 1.78 bits per heavy atom. The monoisotopic (exact) mass is 475 g/mol. The highest BCUT2D eigenvalue weighted by Crippen LogP contribution is 2.33. The number of rotatable bonds is 6. The zero-order valence-electron chi connectivity index (χ0n) is 18.6. The van der Waals surface area contributed by atoms with Gasteiger partial charge in [0.2, 0.25) is 15.9 Å². The molecule has 0 aromatic heterocycles. The second-order valence-electron chi connectivity index (χ2n) is 9.10. The van der Waals surface area contributed by atoms with Crippen LogP contribution in [-0.2, 0) is 21.0 Å². The molecule has 1 heterocycles. The van der Waals surface area contributed by atoms with Crippen LogP contribution in [0, 0.1) is 5.92 Å². The van der Waals surface area contributed by atoms with Gasteiger partial charge in [-0.25, -0.2) is 8.42 Å². The lowest BCUT2D eigenvalue weighted by atomic mass is 9.80. The van der Waals surface area contributed by atoms with Crippen molar-refractivity contribution in [1.29, 1.82) is 0 Å². The van der Waals surface area contributed by atoms with Gasteiger partial charge in [0.15, 0.2) is 0 Å². The van der Waals surface area contributed by atoms with Gasteiger partial charge in [-0.2, -0.15) is 17.5 Å². The predicted molar refractivity (Wildman–Crippen MR) is 115 cm³/mol. The van der Waals surface area contributed by atoms with E-state index in [0.717, 1.165) is 37.8 Å². The molecule has 2 aliphatic rings. The minimum absolute atomic E-state index is 0.0402. The molecule has 0 atom stereocenters. The zero-order chi connectivity index (χ0) is 23.6. The summed E-state index contributed by atoms with van der Waals surface area (Å²) in [6, 6.07) is 3.79. The number of likely N-dealkylation sites (N-methyl/N-ethyl adjacent to an activating group) is 1. The minimum Gasteiger partial charge on any atom is -0.354 e. The summed E-state index contributed by atoms with van der Waals surface area (Å²) in [5, 5.41) is 3.08. The highest BCUT2D eigenvalue weighted by Gasteiger charge is 2.37. The molecule has 1 amide bonds. The van der Waals surface area contributed by atoms with E-state index in [9.17, 15) is 26.4 Å². The molecule has 1 aliphatic heterocycles. The number of benzene rings is 1. The van der Waals surface area contributed by atoms with Gasteiger partial charge in [-0.1, -0.05) is 25.3 Å². The van der Waals surface area contributed by atoms with E-state index in [1.165, 1.54) is 16.8 Å². The smallest absolute Gasteiger partial charge is 0.354 e. The Morgan fingerprint density at radius 3 is 2.34 bits per heavy atom. The largest absolute Gasteiger partial charge is 0.416 e. The number of carbonyl (C=O) groups excluding carboxylic acids is 1. The third kappa shape index (κ3) is 5.46. The molecule has 1 saturated heterocycles. The Balaban J connectivity index is 1.59. The molecule has 10 heteroatoms. The van der Waals surface area contributed by atoms with Crippen molar-refractivity contribution in [3.8, 4) is 0 Å². The lowest BCUT2D eigenvalue weighted by Crippen LogP contribution is -2.55. The molecule has 1 aromatic rings. The van der Waals surface area contributed by atoms with Crippen molar-refractivity contribution in [2.75, 3.05) is 33.7 Å². The van der Waals surface area contributed by atoms with E-state index in [2.05, 4.69) is 10.2 Å². The van der Waals surface area contributed by atoms with Crippen LogP contribution in [-0.4, -0.2) is 62.8 Å². The molecular weight excluding hydrogens is 443 g/mol. The minimum atomic E-state index is -4.61. The number of hydrogen-bond acceptors (Lipinski definition) is 4. The van der Waals surface area contributed by atoms with Crippen molar-refractivity contribution < 1.29 is 26.4 Å².